The normalized spacial score (nSPS) is 26.1. The van der Waals surface area contributed by atoms with Gasteiger partial charge in [0.25, 0.3) is 0 Å². The summed E-state index contributed by atoms with van der Waals surface area (Å²) in [6.45, 7) is 8.24. The molecule has 0 spiro atoms. The molecule has 194 valence electrons. The van der Waals surface area contributed by atoms with Gasteiger partial charge in [0.05, 0.1) is 35.0 Å². The highest BCUT2D eigenvalue weighted by Crippen LogP contribution is 2.67. The maximum absolute atomic E-state index is 14.5. The Hall–Kier alpha value is -2.46. The second-order valence-corrected chi connectivity index (χ2v) is 13.2. The summed E-state index contributed by atoms with van der Waals surface area (Å²) in [6.07, 6.45) is 1.76. The molecular formula is C26H32F2N4O3S. The number of rotatable bonds is 6. The molecule has 2 bridgehead atoms. The zero-order valence-corrected chi connectivity index (χ0v) is 21.7. The summed E-state index contributed by atoms with van der Waals surface area (Å²) in [5.74, 6) is -1.06. The molecule has 0 N–H and O–H groups in total. The standard InChI is InChI=1S/C26H32F2N4O3S/c1-4-32(22(33)15-31-10-12-36(34,35)13-11-31)16-26-9-8-18(25(26,2)3)17-14-21(29-30-24(17)26)23-19(27)6-5-7-20(23)28/h5-7,14,18H,4,8-13,15-16H2,1-3H3/t18-,26-/m0/s1. The fourth-order valence-electron chi connectivity index (χ4n) is 6.54. The van der Waals surface area contributed by atoms with E-state index in [0.717, 1.165) is 24.1 Å². The first-order chi connectivity index (χ1) is 17.0. The molecule has 1 saturated carbocycles. The minimum Gasteiger partial charge on any atom is -0.341 e. The molecule has 2 fully saturated rings. The second-order valence-electron chi connectivity index (χ2n) is 10.9. The molecule has 36 heavy (non-hydrogen) atoms. The molecule has 5 rings (SSSR count). The lowest BCUT2D eigenvalue weighted by atomic mass is 9.68. The zero-order chi connectivity index (χ0) is 25.9. The Morgan fingerprint density at radius 3 is 2.47 bits per heavy atom. The number of likely N-dealkylation sites (N-methyl/N-ethyl adjacent to an activating group) is 1. The molecule has 7 nitrogen and oxygen atoms in total. The Morgan fingerprint density at radius 2 is 1.83 bits per heavy atom. The van der Waals surface area contributed by atoms with Crippen molar-refractivity contribution in [3.8, 4) is 11.3 Å². The van der Waals surface area contributed by atoms with Gasteiger partial charge >= 0.3 is 0 Å². The Labute approximate surface area is 210 Å². The first-order valence-corrected chi connectivity index (χ1v) is 14.3. The molecule has 10 heteroatoms. The maximum Gasteiger partial charge on any atom is 0.236 e. The summed E-state index contributed by atoms with van der Waals surface area (Å²) in [6, 6.07) is 5.54. The molecule has 2 aliphatic carbocycles. The van der Waals surface area contributed by atoms with Crippen molar-refractivity contribution in [2.45, 2.75) is 44.9 Å². The van der Waals surface area contributed by atoms with Gasteiger partial charge in [0, 0.05) is 31.6 Å². The van der Waals surface area contributed by atoms with Crippen molar-refractivity contribution < 1.29 is 22.0 Å². The van der Waals surface area contributed by atoms with E-state index in [9.17, 15) is 22.0 Å². The molecule has 1 aromatic heterocycles. The first-order valence-electron chi connectivity index (χ1n) is 12.5. The Morgan fingerprint density at radius 1 is 1.17 bits per heavy atom. The predicted molar refractivity (Wildman–Crippen MR) is 132 cm³/mol. The predicted octanol–water partition coefficient (Wildman–Crippen LogP) is 3.16. The monoisotopic (exact) mass is 518 g/mol. The van der Waals surface area contributed by atoms with Crippen molar-refractivity contribution in [2.75, 3.05) is 44.2 Å². The van der Waals surface area contributed by atoms with E-state index in [1.54, 1.807) is 6.07 Å². The van der Waals surface area contributed by atoms with Crippen LogP contribution in [-0.4, -0.2) is 78.6 Å². The molecular weight excluding hydrogens is 486 g/mol. The number of sulfone groups is 1. The molecule has 3 aliphatic rings. The van der Waals surface area contributed by atoms with Crippen molar-refractivity contribution >= 4 is 15.7 Å². The molecule has 0 unspecified atom stereocenters. The molecule has 1 saturated heterocycles. The van der Waals surface area contributed by atoms with Crippen LogP contribution in [0.3, 0.4) is 0 Å². The van der Waals surface area contributed by atoms with Gasteiger partial charge in [-0.25, -0.2) is 17.2 Å². The van der Waals surface area contributed by atoms with Crippen molar-refractivity contribution in [3.05, 3.63) is 47.2 Å². The van der Waals surface area contributed by atoms with Crippen molar-refractivity contribution in [1.29, 1.82) is 0 Å². The lowest BCUT2D eigenvalue weighted by molar-refractivity contribution is -0.133. The van der Waals surface area contributed by atoms with Gasteiger partial charge in [0.1, 0.15) is 11.6 Å². The number of halogens is 2. The van der Waals surface area contributed by atoms with Gasteiger partial charge < -0.3 is 4.90 Å². The molecule has 1 amide bonds. The van der Waals surface area contributed by atoms with Gasteiger partial charge in [-0.05, 0) is 54.9 Å². The number of hydrogen-bond acceptors (Lipinski definition) is 6. The maximum atomic E-state index is 14.5. The van der Waals surface area contributed by atoms with Gasteiger partial charge in [-0.1, -0.05) is 19.9 Å². The SMILES string of the molecule is CCN(C[C@@]12CC[C@@H](c3cc(-c4c(F)cccc4F)nnc31)C2(C)C)C(=O)CN1CCS(=O)(=O)CC1. The van der Waals surface area contributed by atoms with Crippen LogP contribution in [0.2, 0.25) is 0 Å². The van der Waals surface area contributed by atoms with Gasteiger partial charge in [-0.2, -0.15) is 10.2 Å². The number of fused-ring (bicyclic) bond motifs is 5. The van der Waals surface area contributed by atoms with E-state index in [0.29, 0.717) is 26.2 Å². The van der Waals surface area contributed by atoms with Gasteiger partial charge in [0.15, 0.2) is 9.84 Å². The lowest BCUT2D eigenvalue weighted by Gasteiger charge is -2.42. The van der Waals surface area contributed by atoms with Crippen LogP contribution < -0.4 is 0 Å². The van der Waals surface area contributed by atoms with Crippen molar-refractivity contribution in [1.82, 2.24) is 20.0 Å². The second kappa shape index (κ2) is 8.83. The van der Waals surface area contributed by atoms with E-state index < -0.39 is 26.9 Å². The largest absolute Gasteiger partial charge is 0.341 e. The average Bonchev–Trinajstić information content (AvgIpc) is 3.18. The van der Waals surface area contributed by atoms with Crippen molar-refractivity contribution in [2.24, 2.45) is 5.41 Å². The summed E-state index contributed by atoms with van der Waals surface area (Å²) >= 11 is 0. The summed E-state index contributed by atoms with van der Waals surface area (Å²) in [5.41, 5.74) is 1.16. The highest BCUT2D eigenvalue weighted by Gasteiger charge is 2.64. The number of benzene rings is 1. The average molecular weight is 519 g/mol. The molecule has 2 atom stereocenters. The van der Waals surface area contributed by atoms with Crippen LogP contribution >= 0.6 is 0 Å². The molecule has 0 radical (unpaired) electrons. The van der Waals surface area contributed by atoms with Crippen LogP contribution in [0.25, 0.3) is 11.3 Å². The van der Waals surface area contributed by atoms with Crippen LogP contribution in [0, 0.1) is 17.0 Å². The lowest BCUT2D eigenvalue weighted by Crippen LogP contribution is -2.52. The zero-order valence-electron chi connectivity index (χ0n) is 20.9. The summed E-state index contributed by atoms with van der Waals surface area (Å²) in [5, 5.41) is 8.81. The van der Waals surface area contributed by atoms with E-state index in [4.69, 9.17) is 0 Å². The van der Waals surface area contributed by atoms with E-state index in [1.165, 1.54) is 18.2 Å². The number of carbonyl (C=O) groups excluding carboxylic acids is 1. The molecule has 1 aliphatic heterocycles. The Kier molecular flexibility index (Phi) is 6.18. The Bertz CT molecular complexity index is 1280. The fourth-order valence-corrected chi connectivity index (χ4v) is 7.82. The summed E-state index contributed by atoms with van der Waals surface area (Å²) in [4.78, 5) is 17.1. The fraction of sp³-hybridized carbons (Fsp3) is 0.577. The van der Waals surface area contributed by atoms with Crippen LogP contribution in [0.4, 0.5) is 8.78 Å². The smallest absolute Gasteiger partial charge is 0.236 e. The number of carbonyl (C=O) groups is 1. The van der Waals surface area contributed by atoms with E-state index in [2.05, 4.69) is 24.0 Å². The highest BCUT2D eigenvalue weighted by atomic mass is 32.2. The summed E-state index contributed by atoms with van der Waals surface area (Å²) in [7, 11) is -3.01. The first kappa shape index (κ1) is 25.2. The van der Waals surface area contributed by atoms with Crippen LogP contribution in [-0.2, 0) is 20.0 Å². The van der Waals surface area contributed by atoms with Gasteiger partial charge in [-0.15, -0.1) is 0 Å². The topological polar surface area (TPSA) is 83.5 Å². The number of aromatic nitrogens is 2. The molecule has 1 aromatic carbocycles. The Balaban J connectivity index is 1.43. The highest BCUT2D eigenvalue weighted by molar-refractivity contribution is 7.91. The van der Waals surface area contributed by atoms with Crippen LogP contribution in [0.5, 0.6) is 0 Å². The summed E-state index contributed by atoms with van der Waals surface area (Å²) < 4.78 is 52.4. The number of hydrogen-bond donors (Lipinski definition) is 0. The van der Waals surface area contributed by atoms with Crippen LogP contribution in [0.15, 0.2) is 24.3 Å². The number of nitrogens with zero attached hydrogens (tertiary/aromatic N) is 4. The van der Waals surface area contributed by atoms with Crippen molar-refractivity contribution in [3.63, 3.8) is 0 Å². The van der Waals surface area contributed by atoms with Crippen LogP contribution in [0.1, 0.15) is 50.8 Å². The third-order valence-corrected chi connectivity index (χ3v) is 10.4. The molecule has 2 aromatic rings. The third-order valence-electron chi connectivity index (χ3n) is 8.83. The molecule has 2 heterocycles. The van der Waals surface area contributed by atoms with Gasteiger partial charge in [0.2, 0.25) is 5.91 Å². The van der Waals surface area contributed by atoms with E-state index in [-0.39, 0.29) is 46.5 Å². The quantitative estimate of drug-likeness (QED) is 0.584. The minimum absolute atomic E-state index is 0.0307. The third kappa shape index (κ3) is 3.93. The van der Waals surface area contributed by atoms with E-state index in [1.807, 2.05) is 16.7 Å². The van der Waals surface area contributed by atoms with E-state index >= 15 is 0 Å². The minimum atomic E-state index is -3.01. The number of amides is 1. The van der Waals surface area contributed by atoms with Gasteiger partial charge in [-0.3, -0.25) is 9.69 Å².